The van der Waals surface area contributed by atoms with Gasteiger partial charge in [0, 0.05) is 12.3 Å². The van der Waals surface area contributed by atoms with Gasteiger partial charge in [0.1, 0.15) is 6.26 Å². The number of hydrogen-bond donors (Lipinski definition) is 0. The Morgan fingerprint density at radius 1 is 1.33 bits per heavy atom. The minimum Gasteiger partial charge on any atom is -0.472 e. The molecule has 0 saturated carbocycles. The van der Waals surface area contributed by atoms with E-state index < -0.39 is 0 Å². The molecule has 0 amide bonds. The second-order valence-corrected chi connectivity index (χ2v) is 5.34. The fraction of sp³-hybridized carbons (Fsp3) is 0.533. The van der Waals surface area contributed by atoms with E-state index in [1.807, 2.05) is 6.07 Å². The van der Waals surface area contributed by atoms with Gasteiger partial charge in [-0.3, -0.25) is 0 Å². The van der Waals surface area contributed by atoms with Crippen LogP contribution in [0.5, 0.6) is 0 Å². The fourth-order valence-corrected chi connectivity index (χ4v) is 2.69. The highest BCUT2D eigenvalue weighted by molar-refractivity contribution is 5.49. The Balaban J connectivity index is 1.54. The van der Waals surface area contributed by atoms with Crippen LogP contribution >= 0.6 is 0 Å². The van der Waals surface area contributed by atoms with E-state index in [1.54, 1.807) is 12.5 Å². The molecule has 0 unspecified atom stereocenters. The minimum atomic E-state index is 0.338. The summed E-state index contributed by atoms with van der Waals surface area (Å²) < 4.78 is 10.8. The molecule has 2 aromatic rings. The number of rotatable bonds is 5. The number of aromatic nitrogens is 2. The van der Waals surface area contributed by atoms with E-state index >= 15 is 0 Å². The molecule has 0 spiro atoms. The van der Waals surface area contributed by atoms with Crippen LogP contribution in [0.4, 0.5) is 0 Å². The van der Waals surface area contributed by atoms with E-state index in [0.29, 0.717) is 18.2 Å². The van der Waals surface area contributed by atoms with Gasteiger partial charge in [0.2, 0.25) is 5.89 Å². The zero-order chi connectivity index (χ0) is 14.5. The van der Waals surface area contributed by atoms with E-state index in [0.717, 1.165) is 50.4 Å². The first-order valence-corrected chi connectivity index (χ1v) is 7.32. The van der Waals surface area contributed by atoms with Gasteiger partial charge in [0.15, 0.2) is 0 Å². The number of nitrogens with zero attached hydrogens (tertiary/aromatic N) is 4. The molecule has 0 bridgehead atoms. The fourth-order valence-electron chi connectivity index (χ4n) is 2.69. The first-order valence-electron chi connectivity index (χ1n) is 7.32. The van der Waals surface area contributed by atoms with E-state index in [9.17, 15) is 0 Å². The first-order chi connectivity index (χ1) is 10.4. The molecule has 3 heterocycles. The highest BCUT2D eigenvalue weighted by Crippen LogP contribution is 2.29. The van der Waals surface area contributed by atoms with E-state index in [2.05, 4.69) is 21.2 Å². The van der Waals surface area contributed by atoms with Gasteiger partial charge in [-0.25, -0.2) is 0 Å². The molecule has 0 aliphatic carbocycles. The van der Waals surface area contributed by atoms with Gasteiger partial charge in [-0.05, 0) is 45.0 Å². The maximum atomic E-state index is 8.56. The Labute approximate surface area is 123 Å². The Hall–Kier alpha value is -2.13. The summed E-state index contributed by atoms with van der Waals surface area (Å²) in [5, 5.41) is 16.8. The van der Waals surface area contributed by atoms with Crippen molar-refractivity contribution in [2.45, 2.75) is 31.6 Å². The van der Waals surface area contributed by atoms with Gasteiger partial charge < -0.3 is 13.7 Å². The lowest BCUT2D eigenvalue weighted by molar-refractivity contribution is 0.199. The van der Waals surface area contributed by atoms with Crippen LogP contribution in [0.1, 0.15) is 37.5 Å². The van der Waals surface area contributed by atoms with Crippen LogP contribution in [-0.4, -0.2) is 34.7 Å². The van der Waals surface area contributed by atoms with Crippen molar-refractivity contribution in [1.82, 2.24) is 15.1 Å². The van der Waals surface area contributed by atoms with Crippen molar-refractivity contribution < 1.29 is 8.83 Å². The highest BCUT2D eigenvalue weighted by Gasteiger charge is 2.25. The largest absolute Gasteiger partial charge is 0.472 e. The molecule has 1 aliphatic heterocycles. The molecule has 0 radical (unpaired) electrons. The normalized spacial score (nSPS) is 16.9. The summed E-state index contributed by atoms with van der Waals surface area (Å²) in [7, 11) is 0. The predicted octanol–water partition coefficient (Wildman–Crippen LogP) is 2.81. The molecule has 6 heteroatoms. The summed E-state index contributed by atoms with van der Waals surface area (Å²) in [6, 6.07) is 4.00. The minimum absolute atomic E-state index is 0.338. The number of nitriles is 1. The topological polar surface area (TPSA) is 79.1 Å². The van der Waals surface area contributed by atoms with Gasteiger partial charge in [-0.15, -0.1) is 10.2 Å². The highest BCUT2D eigenvalue weighted by atomic mass is 16.4. The number of piperidine rings is 1. The zero-order valence-electron chi connectivity index (χ0n) is 11.9. The second kappa shape index (κ2) is 6.55. The average molecular weight is 286 g/mol. The lowest BCUT2D eigenvalue weighted by Gasteiger charge is -2.30. The lowest BCUT2D eigenvalue weighted by atomic mass is 9.96. The molecule has 6 nitrogen and oxygen atoms in total. The number of furan rings is 1. The Bertz CT molecular complexity index is 591. The van der Waals surface area contributed by atoms with E-state index in [4.69, 9.17) is 14.1 Å². The molecule has 1 fully saturated rings. The molecular formula is C15H18N4O2. The molecule has 21 heavy (non-hydrogen) atoms. The van der Waals surface area contributed by atoms with Crippen LogP contribution in [0.25, 0.3) is 11.5 Å². The second-order valence-electron chi connectivity index (χ2n) is 5.34. The van der Waals surface area contributed by atoms with Gasteiger partial charge in [0.05, 0.1) is 17.9 Å². The first kappa shape index (κ1) is 13.8. The SMILES string of the molecule is N#CCCCN1CCC(c2nnc(-c3ccoc3)o2)CC1. The summed E-state index contributed by atoms with van der Waals surface area (Å²) in [6.07, 6.45) is 6.84. The Kier molecular flexibility index (Phi) is 4.31. The third-order valence-electron chi connectivity index (χ3n) is 3.91. The molecule has 1 aliphatic rings. The maximum absolute atomic E-state index is 8.56. The smallest absolute Gasteiger partial charge is 0.250 e. The molecule has 2 aromatic heterocycles. The molecule has 3 rings (SSSR count). The summed E-state index contributed by atoms with van der Waals surface area (Å²) in [4.78, 5) is 2.40. The van der Waals surface area contributed by atoms with Crippen LogP contribution in [0.15, 0.2) is 27.4 Å². The third kappa shape index (κ3) is 3.31. The van der Waals surface area contributed by atoms with Crippen molar-refractivity contribution >= 4 is 0 Å². The molecule has 0 atom stereocenters. The maximum Gasteiger partial charge on any atom is 0.250 e. The van der Waals surface area contributed by atoms with Crippen LogP contribution < -0.4 is 0 Å². The lowest BCUT2D eigenvalue weighted by Crippen LogP contribution is -2.33. The summed E-state index contributed by atoms with van der Waals surface area (Å²) in [6.45, 7) is 3.06. The van der Waals surface area contributed by atoms with E-state index in [1.165, 1.54) is 0 Å². The summed E-state index contributed by atoms with van der Waals surface area (Å²) >= 11 is 0. The van der Waals surface area contributed by atoms with Crippen molar-refractivity contribution in [2.24, 2.45) is 0 Å². The summed E-state index contributed by atoms with van der Waals surface area (Å²) in [5.74, 6) is 1.59. The standard InChI is InChI=1S/C15H18N4O2/c16-6-1-2-7-19-8-3-12(4-9-19)14-17-18-15(21-14)13-5-10-20-11-13/h5,10-12H,1-4,7-9H2. The Morgan fingerprint density at radius 3 is 2.90 bits per heavy atom. The number of likely N-dealkylation sites (tertiary alicyclic amines) is 1. The number of unbranched alkanes of at least 4 members (excludes halogenated alkanes) is 1. The third-order valence-corrected chi connectivity index (χ3v) is 3.91. The van der Waals surface area contributed by atoms with Crippen LogP contribution in [0.2, 0.25) is 0 Å². The van der Waals surface area contributed by atoms with Crippen molar-refractivity contribution in [3.05, 3.63) is 24.5 Å². The average Bonchev–Trinajstić information content (AvgIpc) is 3.19. The molecule has 0 aromatic carbocycles. The van der Waals surface area contributed by atoms with Gasteiger partial charge in [0.25, 0.3) is 5.89 Å². The van der Waals surface area contributed by atoms with Gasteiger partial charge in [-0.1, -0.05) is 0 Å². The van der Waals surface area contributed by atoms with Gasteiger partial charge >= 0.3 is 0 Å². The van der Waals surface area contributed by atoms with Crippen LogP contribution in [0, 0.1) is 11.3 Å². The van der Waals surface area contributed by atoms with Crippen molar-refractivity contribution in [3.8, 4) is 17.5 Å². The molecule has 1 saturated heterocycles. The van der Waals surface area contributed by atoms with Crippen molar-refractivity contribution in [2.75, 3.05) is 19.6 Å². The quantitative estimate of drug-likeness (QED) is 0.786. The zero-order valence-corrected chi connectivity index (χ0v) is 11.9. The number of hydrogen-bond acceptors (Lipinski definition) is 6. The monoisotopic (exact) mass is 286 g/mol. The van der Waals surface area contributed by atoms with Crippen LogP contribution in [-0.2, 0) is 0 Å². The van der Waals surface area contributed by atoms with E-state index in [-0.39, 0.29) is 0 Å². The Morgan fingerprint density at radius 2 is 2.19 bits per heavy atom. The molecular weight excluding hydrogens is 268 g/mol. The van der Waals surface area contributed by atoms with Crippen molar-refractivity contribution in [3.63, 3.8) is 0 Å². The molecule has 0 N–H and O–H groups in total. The van der Waals surface area contributed by atoms with Crippen LogP contribution in [0.3, 0.4) is 0 Å². The van der Waals surface area contributed by atoms with Gasteiger partial charge in [-0.2, -0.15) is 5.26 Å². The van der Waals surface area contributed by atoms with Crippen molar-refractivity contribution in [1.29, 1.82) is 5.26 Å². The molecule has 110 valence electrons. The predicted molar refractivity (Wildman–Crippen MR) is 75.3 cm³/mol. The summed E-state index contributed by atoms with van der Waals surface area (Å²) in [5.41, 5.74) is 0.822.